The van der Waals surface area contributed by atoms with E-state index < -0.39 is 10.9 Å². The molecule has 0 saturated carbocycles. The summed E-state index contributed by atoms with van der Waals surface area (Å²) in [6.45, 7) is 1.61. The van der Waals surface area contributed by atoms with Crippen molar-refractivity contribution in [3.8, 4) is 5.75 Å². The average molecular weight is 292 g/mol. The largest absolute Gasteiger partial charge is 0.421 e. The number of nitrogens with zero attached hydrogens (tertiary/aromatic N) is 1. The number of ether oxygens (including phenoxy) is 1. The second-order valence-corrected chi connectivity index (χ2v) is 4.45. The normalized spacial score (nSPS) is 10.1. The van der Waals surface area contributed by atoms with E-state index in [1.54, 1.807) is 31.2 Å². The van der Waals surface area contributed by atoms with Gasteiger partial charge in [0.2, 0.25) is 0 Å². The van der Waals surface area contributed by atoms with Gasteiger partial charge < -0.3 is 4.74 Å². The standard InChI is InChI=1S/C14H10ClNO4/c1-9-5-4-7-11(16(18)19)13(9)14(17)20-12-8-3-2-6-10(12)15/h2-8H,1H3. The summed E-state index contributed by atoms with van der Waals surface area (Å²) in [4.78, 5) is 22.5. The van der Waals surface area contributed by atoms with E-state index >= 15 is 0 Å². The molecular weight excluding hydrogens is 282 g/mol. The van der Waals surface area contributed by atoms with E-state index in [4.69, 9.17) is 16.3 Å². The van der Waals surface area contributed by atoms with Crippen LogP contribution in [0.2, 0.25) is 5.02 Å². The van der Waals surface area contributed by atoms with Gasteiger partial charge in [0.15, 0.2) is 0 Å². The number of nitro benzene ring substituents is 1. The third kappa shape index (κ3) is 2.78. The topological polar surface area (TPSA) is 69.4 Å². The molecule has 5 nitrogen and oxygen atoms in total. The minimum absolute atomic E-state index is 0.0718. The van der Waals surface area contributed by atoms with E-state index in [-0.39, 0.29) is 22.0 Å². The van der Waals surface area contributed by atoms with Crippen molar-refractivity contribution >= 4 is 23.3 Å². The van der Waals surface area contributed by atoms with Crippen LogP contribution in [-0.4, -0.2) is 10.9 Å². The van der Waals surface area contributed by atoms with E-state index in [9.17, 15) is 14.9 Å². The number of para-hydroxylation sites is 1. The van der Waals surface area contributed by atoms with Gasteiger partial charge in [-0.25, -0.2) is 4.79 Å². The first kappa shape index (κ1) is 14.0. The van der Waals surface area contributed by atoms with Crippen molar-refractivity contribution in [2.75, 3.05) is 0 Å². The smallest absolute Gasteiger partial charge is 0.350 e. The number of carbonyl (C=O) groups excluding carboxylic acids is 1. The molecule has 2 aromatic carbocycles. The van der Waals surface area contributed by atoms with Gasteiger partial charge in [-0.3, -0.25) is 10.1 Å². The first-order valence-electron chi connectivity index (χ1n) is 5.71. The number of rotatable bonds is 3. The molecule has 0 spiro atoms. The summed E-state index contributed by atoms with van der Waals surface area (Å²) in [6, 6.07) is 10.8. The van der Waals surface area contributed by atoms with Crippen LogP contribution in [0.4, 0.5) is 5.69 Å². The molecular formula is C14H10ClNO4. The summed E-state index contributed by atoms with van der Waals surface area (Å²) in [5.74, 6) is -0.639. The number of hydrogen-bond acceptors (Lipinski definition) is 4. The Morgan fingerprint density at radius 1 is 1.20 bits per heavy atom. The summed E-state index contributed by atoms with van der Waals surface area (Å²) < 4.78 is 5.13. The molecule has 0 saturated heterocycles. The van der Waals surface area contributed by atoms with Crippen LogP contribution in [0.3, 0.4) is 0 Å². The summed E-state index contributed by atoms with van der Waals surface area (Å²) in [7, 11) is 0. The molecule has 0 atom stereocenters. The maximum absolute atomic E-state index is 12.1. The van der Waals surface area contributed by atoms with Gasteiger partial charge in [0.25, 0.3) is 5.69 Å². The molecule has 102 valence electrons. The van der Waals surface area contributed by atoms with E-state index in [0.29, 0.717) is 5.56 Å². The third-order valence-electron chi connectivity index (χ3n) is 2.69. The maximum Gasteiger partial charge on any atom is 0.350 e. The molecule has 0 aliphatic heterocycles. The van der Waals surface area contributed by atoms with Crippen LogP contribution in [0.5, 0.6) is 5.75 Å². The maximum atomic E-state index is 12.1. The molecule has 6 heteroatoms. The lowest BCUT2D eigenvalue weighted by atomic mass is 10.1. The van der Waals surface area contributed by atoms with Crippen molar-refractivity contribution < 1.29 is 14.5 Å². The molecule has 2 rings (SSSR count). The van der Waals surface area contributed by atoms with Crippen LogP contribution in [0.1, 0.15) is 15.9 Å². The van der Waals surface area contributed by atoms with Gasteiger partial charge in [-0.2, -0.15) is 0 Å². The van der Waals surface area contributed by atoms with Gasteiger partial charge in [-0.05, 0) is 24.6 Å². The van der Waals surface area contributed by atoms with E-state index in [1.165, 1.54) is 18.2 Å². The van der Waals surface area contributed by atoms with Crippen molar-refractivity contribution in [1.29, 1.82) is 0 Å². The Morgan fingerprint density at radius 2 is 1.90 bits per heavy atom. The molecule has 0 unspecified atom stereocenters. The molecule has 0 aliphatic rings. The molecule has 0 radical (unpaired) electrons. The molecule has 20 heavy (non-hydrogen) atoms. The van der Waals surface area contributed by atoms with Crippen molar-refractivity contribution in [3.63, 3.8) is 0 Å². The summed E-state index contributed by atoms with van der Waals surface area (Å²) in [5.41, 5.74) is 0.107. The van der Waals surface area contributed by atoms with Gasteiger partial charge in [0, 0.05) is 6.07 Å². The molecule has 0 aliphatic carbocycles. The van der Waals surface area contributed by atoms with Crippen LogP contribution in [0, 0.1) is 17.0 Å². The number of benzene rings is 2. The summed E-state index contributed by atoms with van der Waals surface area (Å²) in [5, 5.41) is 11.2. The number of esters is 1. The zero-order valence-electron chi connectivity index (χ0n) is 10.5. The third-order valence-corrected chi connectivity index (χ3v) is 3.00. The van der Waals surface area contributed by atoms with Crippen LogP contribution < -0.4 is 4.74 Å². The Morgan fingerprint density at radius 3 is 2.55 bits per heavy atom. The highest BCUT2D eigenvalue weighted by Gasteiger charge is 2.24. The lowest BCUT2D eigenvalue weighted by molar-refractivity contribution is -0.385. The Bertz CT molecular complexity index is 685. The van der Waals surface area contributed by atoms with Gasteiger partial charge in [-0.15, -0.1) is 0 Å². The van der Waals surface area contributed by atoms with Gasteiger partial charge in [-0.1, -0.05) is 35.9 Å². The fourth-order valence-corrected chi connectivity index (χ4v) is 1.92. The monoisotopic (exact) mass is 291 g/mol. The number of carbonyl (C=O) groups is 1. The Balaban J connectivity index is 2.40. The van der Waals surface area contributed by atoms with Crippen LogP contribution in [0.15, 0.2) is 42.5 Å². The number of aryl methyl sites for hydroxylation is 1. The van der Waals surface area contributed by atoms with Crippen LogP contribution >= 0.6 is 11.6 Å². The molecule has 0 bridgehead atoms. The van der Waals surface area contributed by atoms with E-state index in [2.05, 4.69) is 0 Å². The lowest BCUT2D eigenvalue weighted by Crippen LogP contribution is -2.13. The predicted octanol–water partition coefficient (Wildman–Crippen LogP) is 3.78. The van der Waals surface area contributed by atoms with Crippen LogP contribution in [0.25, 0.3) is 0 Å². The highest BCUT2D eigenvalue weighted by Crippen LogP contribution is 2.27. The SMILES string of the molecule is Cc1cccc([N+](=O)[O-])c1C(=O)Oc1ccccc1Cl. The number of halogens is 1. The van der Waals surface area contributed by atoms with Crippen molar-refractivity contribution in [3.05, 3.63) is 68.7 Å². The number of nitro groups is 1. The predicted molar refractivity (Wildman–Crippen MR) is 74.2 cm³/mol. The number of hydrogen-bond donors (Lipinski definition) is 0. The van der Waals surface area contributed by atoms with Crippen molar-refractivity contribution in [2.24, 2.45) is 0 Å². The Labute approximate surface area is 119 Å². The van der Waals surface area contributed by atoms with Gasteiger partial charge in [0.05, 0.1) is 9.95 Å². The molecule has 0 fully saturated rings. The second kappa shape index (κ2) is 5.71. The molecule has 0 heterocycles. The second-order valence-electron chi connectivity index (χ2n) is 4.05. The Kier molecular flexibility index (Phi) is 4.00. The van der Waals surface area contributed by atoms with Crippen LogP contribution in [-0.2, 0) is 0 Å². The summed E-state index contributed by atoms with van der Waals surface area (Å²) >= 11 is 5.89. The molecule has 0 amide bonds. The van der Waals surface area contributed by atoms with Crippen molar-refractivity contribution in [1.82, 2.24) is 0 Å². The molecule has 0 N–H and O–H groups in total. The first-order chi connectivity index (χ1) is 9.50. The van der Waals surface area contributed by atoms with Gasteiger partial charge in [0.1, 0.15) is 11.3 Å². The first-order valence-corrected chi connectivity index (χ1v) is 6.09. The fourth-order valence-electron chi connectivity index (χ4n) is 1.75. The molecule has 2 aromatic rings. The Hall–Kier alpha value is -2.40. The zero-order valence-corrected chi connectivity index (χ0v) is 11.3. The quantitative estimate of drug-likeness (QED) is 0.373. The minimum atomic E-state index is -0.803. The highest BCUT2D eigenvalue weighted by molar-refractivity contribution is 6.32. The lowest BCUT2D eigenvalue weighted by Gasteiger charge is -2.08. The minimum Gasteiger partial charge on any atom is -0.421 e. The highest BCUT2D eigenvalue weighted by atomic mass is 35.5. The zero-order chi connectivity index (χ0) is 14.7. The fraction of sp³-hybridized carbons (Fsp3) is 0.0714. The van der Waals surface area contributed by atoms with E-state index in [1.807, 2.05) is 0 Å². The molecule has 0 aromatic heterocycles. The van der Waals surface area contributed by atoms with Crippen molar-refractivity contribution in [2.45, 2.75) is 6.92 Å². The van der Waals surface area contributed by atoms with Gasteiger partial charge >= 0.3 is 5.97 Å². The van der Waals surface area contributed by atoms with E-state index in [0.717, 1.165) is 0 Å². The average Bonchev–Trinajstić information content (AvgIpc) is 2.40. The summed E-state index contributed by atoms with van der Waals surface area (Å²) in [6.07, 6.45) is 0.